The van der Waals surface area contributed by atoms with E-state index in [0.717, 1.165) is 24.8 Å². The summed E-state index contributed by atoms with van der Waals surface area (Å²) < 4.78 is 16.2. The Morgan fingerprint density at radius 2 is 1.64 bits per heavy atom. The van der Waals surface area contributed by atoms with E-state index in [1.807, 2.05) is 19.1 Å². The second-order valence-electron chi connectivity index (χ2n) is 5.89. The van der Waals surface area contributed by atoms with Gasteiger partial charge in [-0.1, -0.05) is 20.8 Å². The van der Waals surface area contributed by atoms with Crippen molar-refractivity contribution in [1.29, 1.82) is 5.26 Å². The van der Waals surface area contributed by atoms with E-state index in [-0.39, 0.29) is 0 Å². The molecule has 0 N–H and O–H groups in total. The highest BCUT2D eigenvalue weighted by molar-refractivity contribution is 5.56. The van der Waals surface area contributed by atoms with E-state index < -0.39 is 5.41 Å². The first-order valence-corrected chi connectivity index (χ1v) is 7.69. The Kier molecular flexibility index (Phi) is 6.55. The van der Waals surface area contributed by atoms with E-state index in [0.29, 0.717) is 23.2 Å². The van der Waals surface area contributed by atoms with Crippen molar-refractivity contribution in [2.24, 2.45) is 5.92 Å². The maximum Gasteiger partial charge on any atom is 0.203 e. The molecule has 4 heteroatoms. The Labute approximate surface area is 134 Å². The molecule has 122 valence electrons. The van der Waals surface area contributed by atoms with Gasteiger partial charge < -0.3 is 14.2 Å². The molecule has 0 saturated heterocycles. The van der Waals surface area contributed by atoms with Crippen LogP contribution in [-0.2, 0) is 5.41 Å². The Morgan fingerprint density at radius 3 is 1.95 bits per heavy atom. The molecule has 1 atom stereocenters. The molecule has 1 unspecified atom stereocenters. The van der Waals surface area contributed by atoms with Crippen LogP contribution in [0.3, 0.4) is 0 Å². The first kappa shape index (κ1) is 18.2. The van der Waals surface area contributed by atoms with Gasteiger partial charge in [-0.15, -0.1) is 0 Å². The number of hydrogen-bond acceptors (Lipinski definition) is 4. The van der Waals surface area contributed by atoms with Gasteiger partial charge >= 0.3 is 0 Å². The molecular formula is C18H27NO3. The lowest BCUT2D eigenvalue weighted by Crippen LogP contribution is -2.24. The van der Waals surface area contributed by atoms with E-state index in [9.17, 15) is 5.26 Å². The summed E-state index contributed by atoms with van der Waals surface area (Å²) in [5.74, 6) is 2.30. The van der Waals surface area contributed by atoms with E-state index in [4.69, 9.17) is 14.2 Å². The van der Waals surface area contributed by atoms with Gasteiger partial charge in [-0.2, -0.15) is 5.26 Å². The third-order valence-corrected chi connectivity index (χ3v) is 4.18. The fraction of sp³-hybridized carbons (Fsp3) is 0.611. The van der Waals surface area contributed by atoms with Gasteiger partial charge in [0.05, 0.1) is 32.8 Å². The maximum atomic E-state index is 9.83. The zero-order valence-corrected chi connectivity index (χ0v) is 14.5. The van der Waals surface area contributed by atoms with Gasteiger partial charge in [-0.25, -0.2) is 0 Å². The highest BCUT2D eigenvalue weighted by atomic mass is 16.5. The summed E-state index contributed by atoms with van der Waals surface area (Å²) >= 11 is 0. The van der Waals surface area contributed by atoms with Crippen LogP contribution in [0.15, 0.2) is 12.1 Å². The lowest BCUT2D eigenvalue weighted by molar-refractivity contribution is 0.321. The van der Waals surface area contributed by atoms with Crippen molar-refractivity contribution >= 4 is 0 Å². The standard InChI is InChI=1S/C18H27NO3/c1-7-18(12-19,9-8-13(2)3)14-10-15(20-4)17(22-6)16(11-14)21-5/h10-11,13H,7-9H2,1-6H3. The van der Waals surface area contributed by atoms with Crippen LogP contribution in [0, 0.1) is 17.2 Å². The number of nitrogens with zero attached hydrogens (tertiary/aromatic N) is 1. The zero-order valence-electron chi connectivity index (χ0n) is 14.5. The predicted molar refractivity (Wildman–Crippen MR) is 87.8 cm³/mol. The van der Waals surface area contributed by atoms with Crippen molar-refractivity contribution in [2.45, 2.75) is 45.4 Å². The monoisotopic (exact) mass is 305 g/mol. The average molecular weight is 305 g/mol. The lowest BCUT2D eigenvalue weighted by atomic mass is 9.74. The number of methoxy groups -OCH3 is 3. The molecule has 0 radical (unpaired) electrons. The van der Waals surface area contributed by atoms with Gasteiger partial charge in [0.2, 0.25) is 5.75 Å². The van der Waals surface area contributed by atoms with Crippen LogP contribution in [0.2, 0.25) is 0 Å². The topological polar surface area (TPSA) is 51.5 Å². The van der Waals surface area contributed by atoms with Crippen molar-refractivity contribution < 1.29 is 14.2 Å². The Bertz CT molecular complexity index is 509. The summed E-state index contributed by atoms with van der Waals surface area (Å²) in [6.07, 6.45) is 2.56. The molecule has 0 aromatic heterocycles. The zero-order chi connectivity index (χ0) is 16.8. The normalized spacial score (nSPS) is 13.4. The van der Waals surface area contributed by atoms with E-state index in [1.54, 1.807) is 21.3 Å². The Morgan fingerprint density at radius 1 is 1.09 bits per heavy atom. The molecule has 0 spiro atoms. The van der Waals surface area contributed by atoms with E-state index in [2.05, 4.69) is 19.9 Å². The molecule has 1 aromatic rings. The summed E-state index contributed by atoms with van der Waals surface area (Å²) in [6.45, 7) is 6.40. The van der Waals surface area contributed by atoms with Crippen molar-refractivity contribution in [2.75, 3.05) is 21.3 Å². The van der Waals surface area contributed by atoms with Crippen LogP contribution < -0.4 is 14.2 Å². The minimum Gasteiger partial charge on any atom is -0.493 e. The van der Waals surface area contributed by atoms with Gasteiger partial charge in [0.1, 0.15) is 0 Å². The first-order valence-electron chi connectivity index (χ1n) is 7.69. The molecule has 0 fully saturated rings. The van der Waals surface area contributed by atoms with Crippen LogP contribution in [0.1, 0.15) is 45.6 Å². The van der Waals surface area contributed by atoms with Crippen LogP contribution >= 0.6 is 0 Å². The van der Waals surface area contributed by atoms with Crippen molar-refractivity contribution in [3.05, 3.63) is 17.7 Å². The third kappa shape index (κ3) is 3.65. The first-order chi connectivity index (χ1) is 10.5. The van der Waals surface area contributed by atoms with Crippen LogP contribution in [0.5, 0.6) is 17.2 Å². The summed E-state index contributed by atoms with van der Waals surface area (Å²) in [7, 11) is 4.76. The fourth-order valence-electron chi connectivity index (χ4n) is 2.62. The molecular weight excluding hydrogens is 278 g/mol. The minimum absolute atomic E-state index is 0.531. The Balaban J connectivity index is 3.40. The van der Waals surface area contributed by atoms with Gasteiger partial charge in [-0.3, -0.25) is 0 Å². The van der Waals surface area contributed by atoms with Crippen LogP contribution in [0.25, 0.3) is 0 Å². The number of benzene rings is 1. The lowest BCUT2D eigenvalue weighted by Gasteiger charge is -2.28. The smallest absolute Gasteiger partial charge is 0.203 e. The summed E-state index contributed by atoms with van der Waals surface area (Å²) in [5.41, 5.74) is 0.393. The molecule has 1 rings (SSSR count). The number of nitriles is 1. The molecule has 1 aromatic carbocycles. The highest BCUT2D eigenvalue weighted by Crippen LogP contribution is 2.44. The molecule has 0 heterocycles. The minimum atomic E-state index is -0.531. The summed E-state index contributed by atoms with van der Waals surface area (Å²) in [4.78, 5) is 0. The van der Waals surface area contributed by atoms with Crippen LogP contribution in [0.4, 0.5) is 0 Å². The average Bonchev–Trinajstić information content (AvgIpc) is 2.54. The SMILES string of the molecule is CCC(C#N)(CCC(C)C)c1cc(OC)c(OC)c(OC)c1. The second kappa shape index (κ2) is 7.93. The van der Waals surface area contributed by atoms with Gasteiger partial charge in [0.25, 0.3) is 0 Å². The van der Waals surface area contributed by atoms with Crippen molar-refractivity contribution in [1.82, 2.24) is 0 Å². The third-order valence-electron chi connectivity index (χ3n) is 4.18. The Hall–Kier alpha value is -1.89. The van der Waals surface area contributed by atoms with E-state index >= 15 is 0 Å². The largest absolute Gasteiger partial charge is 0.493 e. The molecule has 0 aliphatic rings. The number of ether oxygens (including phenoxy) is 3. The molecule has 0 saturated carbocycles. The predicted octanol–water partition coefficient (Wildman–Crippen LogP) is 4.32. The number of hydrogen-bond donors (Lipinski definition) is 0. The fourth-order valence-corrected chi connectivity index (χ4v) is 2.62. The van der Waals surface area contributed by atoms with Crippen LogP contribution in [-0.4, -0.2) is 21.3 Å². The molecule has 4 nitrogen and oxygen atoms in total. The van der Waals surface area contributed by atoms with Crippen molar-refractivity contribution in [3.8, 4) is 23.3 Å². The van der Waals surface area contributed by atoms with Crippen molar-refractivity contribution in [3.63, 3.8) is 0 Å². The molecule has 0 amide bonds. The van der Waals surface area contributed by atoms with E-state index in [1.165, 1.54) is 0 Å². The summed E-state index contributed by atoms with van der Waals surface area (Å²) in [6, 6.07) is 6.32. The molecule has 0 aliphatic carbocycles. The quantitative estimate of drug-likeness (QED) is 0.717. The number of rotatable bonds is 8. The van der Waals surface area contributed by atoms with Gasteiger partial charge in [-0.05, 0) is 42.9 Å². The van der Waals surface area contributed by atoms with Gasteiger partial charge in [0.15, 0.2) is 11.5 Å². The molecule has 22 heavy (non-hydrogen) atoms. The highest BCUT2D eigenvalue weighted by Gasteiger charge is 2.32. The second-order valence-corrected chi connectivity index (χ2v) is 5.89. The van der Waals surface area contributed by atoms with Gasteiger partial charge in [0, 0.05) is 0 Å². The molecule has 0 aliphatic heterocycles. The maximum absolute atomic E-state index is 9.83. The summed E-state index contributed by atoms with van der Waals surface area (Å²) in [5, 5.41) is 9.83. The molecule has 0 bridgehead atoms.